The van der Waals surface area contributed by atoms with Crippen LogP contribution >= 0.6 is 0 Å². The Kier molecular flexibility index (Phi) is 1.56. The molecule has 1 aromatic rings. The van der Waals surface area contributed by atoms with Crippen LogP contribution in [0.15, 0.2) is 18.2 Å². The van der Waals surface area contributed by atoms with Crippen molar-refractivity contribution in [1.29, 1.82) is 5.26 Å². The third-order valence-electron chi connectivity index (χ3n) is 2.21. The van der Waals surface area contributed by atoms with Crippen LogP contribution < -0.4 is 4.74 Å². The van der Waals surface area contributed by atoms with Crippen molar-refractivity contribution in [3.63, 3.8) is 0 Å². The third-order valence-corrected chi connectivity index (χ3v) is 2.21. The van der Waals surface area contributed by atoms with Crippen molar-refractivity contribution in [3.05, 3.63) is 29.3 Å². The fraction of sp³-hybridized carbons (Fsp3) is 0.364. The molecular formula is C11H11NO. The van der Waals surface area contributed by atoms with Crippen LogP contribution in [0.5, 0.6) is 5.75 Å². The van der Waals surface area contributed by atoms with Gasteiger partial charge in [0.25, 0.3) is 0 Å². The zero-order valence-corrected chi connectivity index (χ0v) is 7.79. The average Bonchev–Trinajstić information content (AvgIpc) is 2.37. The van der Waals surface area contributed by atoms with Crippen molar-refractivity contribution in [3.8, 4) is 11.8 Å². The summed E-state index contributed by atoms with van der Waals surface area (Å²) >= 11 is 0. The first kappa shape index (κ1) is 8.12. The van der Waals surface area contributed by atoms with Gasteiger partial charge in [-0.1, -0.05) is 12.1 Å². The van der Waals surface area contributed by atoms with Gasteiger partial charge in [-0.05, 0) is 25.5 Å². The molecule has 1 heterocycles. The van der Waals surface area contributed by atoms with Crippen molar-refractivity contribution >= 4 is 0 Å². The van der Waals surface area contributed by atoms with Crippen molar-refractivity contribution < 1.29 is 4.74 Å². The van der Waals surface area contributed by atoms with E-state index in [1.807, 2.05) is 26.0 Å². The summed E-state index contributed by atoms with van der Waals surface area (Å²) < 4.78 is 5.69. The Bertz CT molecular complexity index is 388. The maximum atomic E-state index is 8.84. The van der Waals surface area contributed by atoms with Crippen molar-refractivity contribution in [2.75, 3.05) is 0 Å². The van der Waals surface area contributed by atoms with Gasteiger partial charge in [0, 0.05) is 6.42 Å². The monoisotopic (exact) mass is 173 g/mol. The molecule has 13 heavy (non-hydrogen) atoms. The lowest BCUT2D eigenvalue weighted by Gasteiger charge is -2.17. The molecule has 0 spiro atoms. The van der Waals surface area contributed by atoms with Gasteiger partial charge in [0.15, 0.2) is 0 Å². The molecule has 66 valence electrons. The summed E-state index contributed by atoms with van der Waals surface area (Å²) in [5, 5.41) is 8.84. The predicted molar refractivity (Wildman–Crippen MR) is 49.6 cm³/mol. The molecule has 0 bridgehead atoms. The minimum absolute atomic E-state index is 0.157. The highest BCUT2D eigenvalue weighted by Crippen LogP contribution is 2.36. The standard InChI is InChI=1S/C11H11NO/c1-11(2)6-8-4-3-5-9(7-12)10(8)13-11/h3-5H,6H2,1-2H3. The smallest absolute Gasteiger partial charge is 0.141 e. The van der Waals surface area contributed by atoms with E-state index in [1.54, 1.807) is 6.07 Å². The lowest BCUT2D eigenvalue weighted by molar-refractivity contribution is 0.138. The summed E-state index contributed by atoms with van der Waals surface area (Å²) in [6.07, 6.45) is 0.887. The molecule has 2 rings (SSSR count). The van der Waals surface area contributed by atoms with Gasteiger partial charge in [-0.15, -0.1) is 0 Å². The minimum Gasteiger partial charge on any atom is -0.486 e. The second kappa shape index (κ2) is 2.50. The Morgan fingerprint density at radius 2 is 2.23 bits per heavy atom. The van der Waals surface area contributed by atoms with Crippen LogP contribution in [0, 0.1) is 11.3 Å². The first-order valence-corrected chi connectivity index (χ1v) is 4.33. The van der Waals surface area contributed by atoms with Crippen LogP contribution in [0.2, 0.25) is 0 Å². The van der Waals surface area contributed by atoms with Gasteiger partial charge in [0.2, 0.25) is 0 Å². The van der Waals surface area contributed by atoms with Gasteiger partial charge in [-0.2, -0.15) is 5.26 Å². The van der Waals surface area contributed by atoms with E-state index in [9.17, 15) is 0 Å². The number of fused-ring (bicyclic) bond motifs is 1. The van der Waals surface area contributed by atoms with E-state index >= 15 is 0 Å². The number of ether oxygens (including phenoxy) is 1. The summed E-state index contributed by atoms with van der Waals surface area (Å²) in [5.41, 5.74) is 1.63. The molecule has 0 unspecified atom stereocenters. The predicted octanol–water partition coefficient (Wildman–Crippen LogP) is 2.27. The Hall–Kier alpha value is -1.49. The highest BCUT2D eigenvalue weighted by Gasteiger charge is 2.31. The van der Waals surface area contributed by atoms with Gasteiger partial charge in [-0.3, -0.25) is 0 Å². The molecule has 1 aliphatic heterocycles. The summed E-state index contributed by atoms with van der Waals surface area (Å²) in [4.78, 5) is 0. The fourth-order valence-corrected chi connectivity index (χ4v) is 1.70. The van der Waals surface area contributed by atoms with Crippen LogP contribution in [0.3, 0.4) is 0 Å². The second-order valence-corrected chi connectivity index (χ2v) is 3.94. The summed E-state index contributed by atoms with van der Waals surface area (Å²) in [5.74, 6) is 0.773. The average molecular weight is 173 g/mol. The Labute approximate surface area is 77.8 Å². The van der Waals surface area contributed by atoms with E-state index in [2.05, 4.69) is 6.07 Å². The second-order valence-electron chi connectivity index (χ2n) is 3.94. The molecule has 0 amide bonds. The Balaban J connectivity index is 2.53. The lowest BCUT2D eigenvalue weighted by atomic mass is 10.0. The molecule has 0 radical (unpaired) electrons. The number of nitrogens with zero attached hydrogens (tertiary/aromatic N) is 1. The zero-order valence-electron chi connectivity index (χ0n) is 7.79. The van der Waals surface area contributed by atoms with E-state index in [0.29, 0.717) is 5.56 Å². The van der Waals surface area contributed by atoms with Gasteiger partial charge in [-0.25, -0.2) is 0 Å². The summed E-state index contributed by atoms with van der Waals surface area (Å²) in [7, 11) is 0. The van der Waals surface area contributed by atoms with Gasteiger partial charge < -0.3 is 4.74 Å². The summed E-state index contributed by atoms with van der Waals surface area (Å²) in [6.45, 7) is 4.07. The van der Waals surface area contributed by atoms with Crippen molar-refractivity contribution in [2.24, 2.45) is 0 Å². The fourth-order valence-electron chi connectivity index (χ4n) is 1.70. The van der Waals surface area contributed by atoms with Crippen molar-refractivity contribution in [2.45, 2.75) is 25.9 Å². The normalized spacial score (nSPS) is 17.3. The van der Waals surface area contributed by atoms with Crippen LogP contribution in [0.1, 0.15) is 25.0 Å². The maximum Gasteiger partial charge on any atom is 0.141 e. The zero-order chi connectivity index (χ0) is 9.47. The largest absolute Gasteiger partial charge is 0.486 e. The SMILES string of the molecule is CC1(C)Cc2cccc(C#N)c2O1. The first-order chi connectivity index (χ1) is 6.12. The first-order valence-electron chi connectivity index (χ1n) is 4.33. The molecule has 0 atom stereocenters. The molecule has 0 N–H and O–H groups in total. The highest BCUT2D eigenvalue weighted by atomic mass is 16.5. The number of hydrogen-bond donors (Lipinski definition) is 0. The molecule has 0 aliphatic carbocycles. The Morgan fingerprint density at radius 3 is 2.92 bits per heavy atom. The molecule has 0 saturated carbocycles. The van der Waals surface area contributed by atoms with E-state index in [4.69, 9.17) is 10.00 Å². The van der Waals surface area contributed by atoms with Crippen LogP contribution in [0.25, 0.3) is 0 Å². The number of rotatable bonds is 0. The van der Waals surface area contributed by atoms with E-state index in [-0.39, 0.29) is 5.60 Å². The molecule has 2 nitrogen and oxygen atoms in total. The van der Waals surface area contributed by atoms with Crippen LogP contribution in [-0.4, -0.2) is 5.60 Å². The quantitative estimate of drug-likeness (QED) is 0.603. The van der Waals surface area contributed by atoms with Gasteiger partial charge in [0.1, 0.15) is 17.4 Å². The molecule has 1 aromatic carbocycles. The Morgan fingerprint density at radius 1 is 1.46 bits per heavy atom. The molecule has 0 aromatic heterocycles. The molecule has 1 aliphatic rings. The molecule has 2 heteroatoms. The number of para-hydroxylation sites is 1. The van der Waals surface area contributed by atoms with Gasteiger partial charge >= 0.3 is 0 Å². The van der Waals surface area contributed by atoms with Crippen molar-refractivity contribution in [1.82, 2.24) is 0 Å². The third kappa shape index (κ3) is 1.27. The molecule has 0 saturated heterocycles. The van der Waals surface area contributed by atoms with E-state index in [0.717, 1.165) is 17.7 Å². The number of nitriles is 1. The summed E-state index contributed by atoms with van der Waals surface area (Å²) in [6, 6.07) is 7.86. The number of hydrogen-bond acceptors (Lipinski definition) is 2. The van der Waals surface area contributed by atoms with Gasteiger partial charge in [0.05, 0.1) is 5.56 Å². The van der Waals surface area contributed by atoms with Crippen LogP contribution in [-0.2, 0) is 6.42 Å². The lowest BCUT2D eigenvalue weighted by Crippen LogP contribution is -2.24. The minimum atomic E-state index is -0.157. The number of benzene rings is 1. The van der Waals surface area contributed by atoms with Crippen LogP contribution in [0.4, 0.5) is 0 Å². The molecule has 0 fully saturated rings. The van der Waals surface area contributed by atoms with E-state index < -0.39 is 0 Å². The molecular weight excluding hydrogens is 162 g/mol. The van der Waals surface area contributed by atoms with E-state index in [1.165, 1.54) is 0 Å². The highest BCUT2D eigenvalue weighted by molar-refractivity contribution is 5.51. The maximum absolute atomic E-state index is 8.84. The topological polar surface area (TPSA) is 33.0 Å².